The van der Waals surface area contributed by atoms with E-state index in [0.29, 0.717) is 18.0 Å². The number of H-pyrrole nitrogens is 1. The predicted octanol–water partition coefficient (Wildman–Crippen LogP) is 3.80. The number of ether oxygens (including phenoxy) is 1. The summed E-state index contributed by atoms with van der Waals surface area (Å²) >= 11 is 0. The zero-order valence-corrected chi connectivity index (χ0v) is 13.8. The Kier molecular flexibility index (Phi) is 4.17. The fourth-order valence-electron chi connectivity index (χ4n) is 3.28. The van der Waals surface area contributed by atoms with Crippen molar-refractivity contribution in [3.8, 4) is 23.1 Å². The molecule has 0 saturated heterocycles. The van der Waals surface area contributed by atoms with Gasteiger partial charge in [0.25, 0.3) is 0 Å². The van der Waals surface area contributed by atoms with Gasteiger partial charge in [-0.25, -0.2) is 5.10 Å². The number of nitrogens with one attached hydrogen (secondary N) is 1. The van der Waals surface area contributed by atoms with E-state index in [1.54, 1.807) is 0 Å². The van der Waals surface area contributed by atoms with Gasteiger partial charge in [-0.15, -0.1) is 5.10 Å². The lowest BCUT2D eigenvalue weighted by Gasteiger charge is -2.17. The smallest absolute Gasteiger partial charge is 0.163 e. The van der Waals surface area contributed by atoms with Crippen molar-refractivity contribution in [1.29, 1.82) is 5.26 Å². The molecular formula is C20H18N4O. The molecule has 124 valence electrons. The van der Waals surface area contributed by atoms with Crippen LogP contribution < -0.4 is 4.74 Å². The van der Waals surface area contributed by atoms with E-state index in [9.17, 15) is 0 Å². The Balaban J connectivity index is 1.50. The van der Waals surface area contributed by atoms with Crippen molar-refractivity contribution in [2.24, 2.45) is 0 Å². The van der Waals surface area contributed by atoms with Crippen LogP contribution in [-0.4, -0.2) is 15.4 Å². The Morgan fingerprint density at radius 1 is 1.08 bits per heavy atom. The molecule has 1 N–H and O–H groups in total. The van der Waals surface area contributed by atoms with Crippen molar-refractivity contribution in [1.82, 2.24) is 15.4 Å². The maximum Gasteiger partial charge on any atom is 0.163 e. The van der Waals surface area contributed by atoms with Crippen LogP contribution in [0.15, 0.2) is 42.5 Å². The first kappa shape index (κ1) is 15.4. The second-order valence-corrected chi connectivity index (χ2v) is 6.27. The lowest BCUT2D eigenvalue weighted by atomic mass is 9.92. The van der Waals surface area contributed by atoms with Crippen LogP contribution in [0.4, 0.5) is 0 Å². The van der Waals surface area contributed by atoms with E-state index in [1.807, 2.05) is 24.3 Å². The fourth-order valence-corrected chi connectivity index (χ4v) is 3.28. The Labute approximate surface area is 146 Å². The second-order valence-electron chi connectivity index (χ2n) is 6.27. The van der Waals surface area contributed by atoms with Gasteiger partial charge in [0.1, 0.15) is 24.1 Å². The molecule has 0 unspecified atom stereocenters. The van der Waals surface area contributed by atoms with E-state index in [1.165, 1.54) is 30.4 Å². The van der Waals surface area contributed by atoms with E-state index in [2.05, 4.69) is 39.7 Å². The monoisotopic (exact) mass is 330 g/mol. The summed E-state index contributed by atoms with van der Waals surface area (Å²) in [5, 5.41) is 19.4. The lowest BCUT2D eigenvalue weighted by Crippen LogP contribution is -2.03. The number of nitriles is 1. The summed E-state index contributed by atoms with van der Waals surface area (Å²) in [5.41, 5.74) is 5.69. The van der Waals surface area contributed by atoms with E-state index < -0.39 is 0 Å². The van der Waals surface area contributed by atoms with Crippen molar-refractivity contribution in [2.75, 3.05) is 0 Å². The summed E-state index contributed by atoms with van der Waals surface area (Å²) < 4.78 is 5.98. The minimum Gasteiger partial charge on any atom is -0.489 e. The average molecular weight is 330 g/mol. The zero-order chi connectivity index (χ0) is 17.1. The molecule has 0 radical (unpaired) electrons. The molecule has 5 heteroatoms. The molecule has 0 bridgehead atoms. The second kappa shape index (κ2) is 6.78. The maximum atomic E-state index is 9.10. The molecule has 0 fully saturated rings. The zero-order valence-electron chi connectivity index (χ0n) is 13.8. The molecule has 25 heavy (non-hydrogen) atoms. The molecule has 4 rings (SSSR count). The highest BCUT2D eigenvalue weighted by molar-refractivity contribution is 5.64. The van der Waals surface area contributed by atoms with Gasteiger partial charge >= 0.3 is 0 Å². The average Bonchev–Trinajstić information content (AvgIpc) is 3.15. The molecule has 0 saturated carbocycles. The number of hydrogen-bond donors (Lipinski definition) is 1. The van der Waals surface area contributed by atoms with Gasteiger partial charge in [-0.3, -0.25) is 0 Å². The van der Waals surface area contributed by atoms with E-state index >= 15 is 0 Å². The topological polar surface area (TPSA) is 74.6 Å². The van der Waals surface area contributed by atoms with Gasteiger partial charge in [-0.1, -0.05) is 29.5 Å². The van der Waals surface area contributed by atoms with Crippen LogP contribution in [0, 0.1) is 11.3 Å². The molecular weight excluding hydrogens is 312 g/mol. The highest BCUT2D eigenvalue weighted by Gasteiger charge is 2.11. The number of aromatic amines is 1. The van der Waals surface area contributed by atoms with Crippen LogP contribution in [0.1, 0.15) is 35.2 Å². The van der Waals surface area contributed by atoms with Crippen LogP contribution in [0.3, 0.4) is 0 Å². The first-order chi connectivity index (χ1) is 12.3. The first-order valence-corrected chi connectivity index (χ1v) is 8.48. The Morgan fingerprint density at radius 3 is 2.84 bits per heavy atom. The van der Waals surface area contributed by atoms with Crippen molar-refractivity contribution < 1.29 is 4.74 Å². The van der Waals surface area contributed by atoms with Crippen molar-refractivity contribution in [2.45, 2.75) is 32.3 Å². The Bertz CT molecular complexity index is 939. The van der Waals surface area contributed by atoms with Crippen LogP contribution in [0.2, 0.25) is 0 Å². The lowest BCUT2D eigenvalue weighted by molar-refractivity contribution is 0.305. The molecule has 0 atom stereocenters. The van der Waals surface area contributed by atoms with Gasteiger partial charge in [0.2, 0.25) is 0 Å². The van der Waals surface area contributed by atoms with Gasteiger partial charge in [0.05, 0.1) is 0 Å². The highest BCUT2D eigenvalue weighted by Crippen LogP contribution is 2.26. The first-order valence-electron chi connectivity index (χ1n) is 8.48. The molecule has 1 aliphatic carbocycles. The molecule has 3 aromatic rings. The minimum absolute atomic E-state index is 0.368. The van der Waals surface area contributed by atoms with E-state index in [0.717, 1.165) is 23.3 Å². The molecule has 0 aliphatic heterocycles. The molecule has 1 aliphatic rings. The Hall–Kier alpha value is -3.13. The number of hydrogen-bond acceptors (Lipinski definition) is 4. The third-order valence-corrected chi connectivity index (χ3v) is 4.59. The molecule has 1 aromatic heterocycles. The van der Waals surface area contributed by atoms with Gasteiger partial charge in [-0.05, 0) is 60.6 Å². The number of aromatic nitrogens is 3. The predicted molar refractivity (Wildman–Crippen MR) is 93.9 cm³/mol. The summed E-state index contributed by atoms with van der Waals surface area (Å²) in [5.74, 6) is 0.908. The summed E-state index contributed by atoms with van der Waals surface area (Å²) in [6.07, 6.45) is 4.87. The molecule has 0 amide bonds. The quantitative estimate of drug-likeness (QED) is 0.789. The third-order valence-electron chi connectivity index (χ3n) is 4.59. The largest absolute Gasteiger partial charge is 0.489 e. The molecule has 1 heterocycles. The normalized spacial score (nSPS) is 13.1. The summed E-state index contributed by atoms with van der Waals surface area (Å²) in [6, 6.07) is 16.3. The fraction of sp³-hybridized carbons (Fsp3) is 0.250. The van der Waals surface area contributed by atoms with Gasteiger partial charge in [-0.2, -0.15) is 5.26 Å². The van der Waals surface area contributed by atoms with Crippen LogP contribution >= 0.6 is 0 Å². The summed E-state index contributed by atoms with van der Waals surface area (Å²) in [4.78, 5) is 0. The highest BCUT2D eigenvalue weighted by atomic mass is 16.5. The summed E-state index contributed by atoms with van der Waals surface area (Å²) in [6.45, 7) is 0.479. The Morgan fingerprint density at radius 2 is 1.96 bits per heavy atom. The number of benzene rings is 2. The van der Waals surface area contributed by atoms with Crippen molar-refractivity contribution in [3.05, 3.63) is 64.8 Å². The maximum absolute atomic E-state index is 9.10. The van der Waals surface area contributed by atoms with Crippen LogP contribution in [0.5, 0.6) is 5.75 Å². The molecule has 2 aromatic carbocycles. The number of rotatable bonds is 4. The van der Waals surface area contributed by atoms with E-state index in [4.69, 9.17) is 10.00 Å². The van der Waals surface area contributed by atoms with Gasteiger partial charge in [0.15, 0.2) is 5.69 Å². The van der Waals surface area contributed by atoms with Gasteiger partial charge < -0.3 is 4.74 Å². The third kappa shape index (κ3) is 3.24. The van der Waals surface area contributed by atoms with E-state index in [-0.39, 0.29) is 0 Å². The van der Waals surface area contributed by atoms with Crippen LogP contribution in [-0.2, 0) is 19.4 Å². The minimum atomic E-state index is 0.368. The number of aryl methyl sites for hydroxylation is 2. The van der Waals surface area contributed by atoms with Gasteiger partial charge in [0, 0.05) is 5.56 Å². The number of nitrogens with zero attached hydrogens (tertiary/aromatic N) is 3. The van der Waals surface area contributed by atoms with Crippen molar-refractivity contribution >= 4 is 0 Å². The SMILES string of the molecule is N#Cc1[nH]nnc1-c1cccc(COc2ccc3c(c2)CCCC3)c1. The van der Waals surface area contributed by atoms with Crippen LogP contribution in [0.25, 0.3) is 11.3 Å². The van der Waals surface area contributed by atoms with Crippen molar-refractivity contribution in [3.63, 3.8) is 0 Å². The number of fused-ring (bicyclic) bond motifs is 1. The standard InChI is InChI=1S/C20H18N4O/c21-12-19-20(23-24-22-19)17-7-3-4-14(10-17)13-25-18-9-8-15-5-1-2-6-16(15)11-18/h3-4,7-11H,1-2,5-6,13H2,(H,22,23,24). The summed E-state index contributed by atoms with van der Waals surface area (Å²) in [7, 11) is 0. The molecule has 5 nitrogen and oxygen atoms in total. The molecule has 0 spiro atoms.